The van der Waals surface area contributed by atoms with Crippen LogP contribution in [-0.2, 0) is 20.9 Å². The lowest BCUT2D eigenvalue weighted by molar-refractivity contribution is -0.147. The molecule has 0 aliphatic carbocycles. The molecule has 1 aliphatic rings. The molecular weight excluding hydrogens is 308 g/mol. The zero-order chi connectivity index (χ0) is 17.5. The van der Waals surface area contributed by atoms with E-state index in [1.807, 2.05) is 44.2 Å². The number of aliphatic carboxylic acids is 1. The minimum Gasteiger partial charge on any atom is -0.480 e. The minimum atomic E-state index is -1.01. The van der Waals surface area contributed by atoms with Gasteiger partial charge < -0.3 is 15.2 Å². The van der Waals surface area contributed by atoms with Crippen molar-refractivity contribution in [2.24, 2.45) is 5.92 Å². The van der Waals surface area contributed by atoms with Crippen LogP contribution in [-0.4, -0.2) is 53.7 Å². The first kappa shape index (κ1) is 18.4. The number of nitrogens with zero attached hydrogens (tertiary/aromatic N) is 1. The van der Waals surface area contributed by atoms with Crippen LogP contribution >= 0.6 is 0 Å². The Kier molecular flexibility index (Phi) is 6.75. The second-order valence-electron chi connectivity index (χ2n) is 6.61. The van der Waals surface area contributed by atoms with E-state index in [1.165, 1.54) is 5.56 Å². The van der Waals surface area contributed by atoms with Gasteiger partial charge in [0, 0.05) is 19.6 Å². The second kappa shape index (κ2) is 8.80. The fraction of sp³-hybridized carbons (Fsp3) is 0.556. The third-order valence-electron chi connectivity index (χ3n) is 4.01. The molecule has 2 unspecified atom stereocenters. The van der Waals surface area contributed by atoms with Gasteiger partial charge in [0.2, 0.25) is 0 Å². The van der Waals surface area contributed by atoms with Crippen LogP contribution < -0.4 is 5.32 Å². The van der Waals surface area contributed by atoms with Crippen molar-refractivity contribution < 1.29 is 19.4 Å². The third-order valence-corrected chi connectivity index (χ3v) is 4.01. The van der Waals surface area contributed by atoms with Gasteiger partial charge in [-0.05, 0) is 17.9 Å². The van der Waals surface area contributed by atoms with E-state index in [-0.39, 0.29) is 11.8 Å². The molecule has 1 aliphatic heterocycles. The lowest BCUT2D eigenvalue weighted by Crippen LogP contribution is -2.53. The molecule has 1 aromatic rings. The zero-order valence-corrected chi connectivity index (χ0v) is 14.3. The van der Waals surface area contributed by atoms with Gasteiger partial charge in [0.25, 0.3) is 5.91 Å². The predicted molar refractivity (Wildman–Crippen MR) is 90.5 cm³/mol. The Hall–Kier alpha value is -1.92. The van der Waals surface area contributed by atoms with E-state index in [4.69, 9.17) is 4.74 Å². The summed E-state index contributed by atoms with van der Waals surface area (Å²) >= 11 is 0. The topological polar surface area (TPSA) is 78.9 Å². The van der Waals surface area contributed by atoms with Crippen LogP contribution in [0.4, 0.5) is 0 Å². The number of carbonyl (C=O) groups excluding carboxylic acids is 1. The van der Waals surface area contributed by atoms with Crippen molar-refractivity contribution in [2.75, 3.05) is 19.7 Å². The highest BCUT2D eigenvalue weighted by atomic mass is 16.5. The summed E-state index contributed by atoms with van der Waals surface area (Å²) in [5.41, 5.74) is 1.18. The Morgan fingerprint density at radius 3 is 2.67 bits per heavy atom. The number of hydrogen-bond donors (Lipinski definition) is 2. The van der Waals surface area contributed by atoms with Crippen LogP contribution in [0.3, 0.4) is 0 Å². The quantitative estimate of drug-likeness (QED) is 0.790. The van der Waals surface area contributed by atoms with E-state index in [1.54, 1.807) is 0 Å². The summed E-state index contributed by atoms with van der Waals surface area (Å²) in [4.78, 5) is 25.8. The minimum absolute atomic E-state index is 0.188. The van der Waals surface area contributed by atoms with Gasteiger partial charge in [0.1, 0.15) is 12.1 Å². The maximum Gasteiger partial charge on any atom is 0.326 e. The molecule has 2 atom stereocenters. The molecule has 2 rings (SSSR count). The molecule has 2 N–H and O–H groups in total. The standard InChI is InChI=1S/C18H26N2O4/c1-13(2)10-15(18(22)23)19-17(21)16-12-20(8-9-24-16)11-14-6-4-3-5-7-14/h3-7,13,15-16H,8-12H2,1-2H3,(H,19,21)(H,22,23). The van der Waals surface area contributed by atoms with E-state index >= 15 is 0 Å². The first-order valence-corrected chi connectivity index (χ1v) is 8.36. The van der Waals surface area contributed by atoms with E-state index in [0.29, 0.717) is 19.6 Å². The summed E-state index contributed by atoms with van der Waals surface area (Å²) in [6.07, 6.45) is -0.224. The molecule has 1 amide bonds. The molecule has 6 nitrogen and oxygen atoms in total. The molecular formula is C18H26N2O4. The van der Waals surface area contributed by atoms with Crippen molar-refractivity contribution in [3.05, 3.63) is 35.9 Å². The average molecular weight is 334 g/mol. The van der Waals surface area contributed by atoms with Crippen LogP contribution in [0.5, 0.6) is 0 Å². The molecule has 1 heterocycles. The Morgan fingerprint density at radius 2 is 2.04 bits per heavy atom. The Bertz CT molecular complexity index is 547. The molecule has 24 heavy (non-hydrogen) atoms. The smallest absolute Gasteiger partial charge is 0.326 e. The third kappa shape index (κ3) is 5.62. The summed E-state index contributed by atoms with van der Waals surface area (Å²) in [6, 6.07) is 9.18. The molecule has 0 bridgehead atoms. The highest BCUT2D eigenvalue weighted by Gasteiger charge is 2.30. The van der Waals surface area contributed by atoms with Gasteiger partial charge in [-0.2, -0.15) is 0 Å². The number of carboxylic acids is 1. The SMILES string of the molecule is CC(C)CC(NC(=O)C1CN(Cc2ccccc2)CCO1)C(=O)O. The largest absolute Gasteiger partial charge is 0.480 e. The van der Waals surface area contributed by atoms with Crippen molar-refractivity contribution in [2.45, 2.75) is 39.0 Å². The van der Waals surface area contributed by atoms with Gasteiger partial charge in [-0.3, -0.25) is 9.69 Å². The van der Waals surface area contributed by atoms with E-state index < -0.39 is 18.1 Å². The fourth-order valence-electron chi connectivity index (χ4n) is 2.80. The second-order valence-corrected chi connectivity index (χ2v) is 6.61. The number of hydrogen-bond acceptors (Lipinski definition) is 4. The molecule has 0 radical (unpaired) electrons. The first-order valence-electron chi connectivity index (χ1n) is 8.36. The van der Waals surface area contributed by atoms with Crippen molar-refractivity contribution in [3.63, 3.8) is 0 Å². The van der Waals surface area contributed by atoms with E-state index in [9.17, 15) is 14.7 Å². The first-order chi connectivity index (χ1) is 11.5. The summed E-state index contributed by atoms with van der Waals surface area (Å²) in [6.45, 7) is 6.30. The van der Waals surface area contributed by atoms with Crippen molar-refractivity contribution in [1.29, 1.82) is 0 Å². The lowest BCUT2D eigenvalue weighted by Gasteiger charge is -2.32. The number of benzene rings is 1. The molecule has 132 valence electrons. The Balaban J connectivity index is 1.90. The molecule has 0 aromatic heterocycles. The van der Waals surface area contributed by atoms with Gasteiger partial charge in [0.05, 0.1) is 6.61 Å². The Morgan fingerprint density at radius 1 is 1.33 bits per heavy atom. The number of ether oxygens (including phenoxy) is 1. The summed E-state index contributed by atoms with van der Waals surface area (Å²) in [5, 5.41) is 11.9. The summed E-state index contributed by atoms with van der Waals surface area (Å²) in [5.74, 6) is -1.16. The van der Waals surface area contributed by atoms with Gasteiger partial charge in [0.15, 0.2) is 0 Å². The highest BCUT2D eigenvalue weighted by molar-refractivity contribution is 5.86. The van der Waals surface area contributed by atoms with E-state index in [0.717, 1.165) is 13.1 Å². The van der Waals surface area contributed by atoms with Gasteiger partial charge in [-0.25, -0.2) is 4.79 Å². The van der Waals surface area contributed by atoms with Crippen LogP contribution in [0, 0.1) is 5.92 Å². The maximum absolute atomic E-state index is 12.4. The number of carboxylic acid groups (broad SMARTS) is 1. The summed E-state index contributed by atoms with van der Waals surface area (Å²) < 4.78 is 5.55. The number of rotatable bonds is 7. The van der Waals surface area contributed by atoms with E-state index in [2.05, 4.69) is 10.2 Å². The molecule has 0 spiro atoms. The molecule has 1 aromatic carbocycles. The monoisotopic (exact) mass is 334 g/mol. The van der Waals surface area contributed by atoms with Gasteiger partial charge >= 0.3 is 5.97 Å². The normalized spacial score (nSPS) is 19.9. The van der Waals surface area contributed by atoms with Crippen LogP contribution in [0.1, 0.15) is 25.8 Å². The number of carbonyl (C=O) groups is 2. The van der Waals surface area contributed by atoms with Crippen molar-refractivity contribution >= 4 is 11.9 Å². The zero-order valence-electron chi connectivity index (χ0n) is 14.3. The van der Waals surface area contributed by atoms with Gasteiger partial charge in [-0.1, -0.05) is 44.2 Å². The molecule has 1 saturated heterocycles. The van der Waals surface area contributed by atoms with Crippen LogP contribution in [0.25, 0.3) is 0 Å². The maximum atomic E-state index is 12.4. The predicted octanol–water partition coefficient (Wildman–Crippen LogP) is 1.50. The Labute approximate surface area is 142 Å². The molecule has 0 saturated carbocycles. The van der Waals surface area contributed by atoms with Crippen molar-refractivity contribution in [3.8, 4) is 0 Å². The number of nitrogens with one attached hydrogen (secondary N) is 1. The number of amides is 1. The molecule has 1 fully saturated rings. The van der Waals surface area contributed by atoms with Crippen LogP contribution in [0.2, 0.25) is 0 Å². The highest BCUT2D eigenvalue weighted by Crippen LogP contribution is 2.12. The lowest BCUT2D eigenvalue weighted by atomic mass is 10.0. The van der Waals surface area contributed by atoms with Crippen LogP contribution in [0.15, 0.2) is 30.3 Å². The fourth-order valence-corrected chi connectivity index (χ4v) is 2.80. The average Bonchev–Trinajstić information content (AvgIpc) is 2.55. The molecule has 6 heteroatoms. The van der Waals surface area contributed by atoms with Gasteiger partial charge in [-0.15, -0.1) is 0 Å². The summed E-state index contributed by atoms with van der Waals surface area (Å²) in [7, 11) is 0. The van der Waals surface area contributed by atoms with Crippen molar-refractivity contribution in [1.82, 2.24) is 10.2 Å². The number of morpholine rings is 1.